The molecule has 0 unspecified atom stereocenters. The number of nitrogens with zero attached hydrogens (tertiary/aromatic N) is 2. The average molecular weight is 452 g/mol. The standard InChI is InChI=1S/C20H25N3O5S2/c1-13(2)30(25,26)23-10-9-15-18(12-23)29-20(21-15)22-19(24)8-6-14-5-7-16(27-3)17(11-14)28-4/h5-8,11,13H,9-10,12H2,1-4H3,(H,21,22,24)/b8-6+. The zero-order valence-electron chi connectivity index (χ0n) is 17.3. The summed E-state index contributed by atoms with van der Waals surface area (Å²) in [5.41, 5.74) is 1.63. The minimum Gasteiger partial charge on any atom is -0.493 e. The van der Waals surface area contributed by atoms with Gasteiger partial charge in [-0.2, -0.15) is 4.31 Å². The number of amides is 1. The molecule has 10 heteroatoms. The number of ether oxygens (including phenoxy) is 2. The first-order chi connectivity index (χ1) is 14.2. The van der Waals surface area contributed by atoms with Gasteiger partial charge in [-0.25, -0.2) is 13.4 Å². The van der Waals surface area contributed by atoms with E-state index >= 15 is 0 Å². The van der Waals surface area contributed by atoms with Gasteiger partial charge in [0.05, 0.1) is 25.2 Å². The number of hydrogen-bond donors (Lipinski definition) is 1. The van der Waals surface area contributed by atoms with E-state index in [2.05, 4.69) is 10.3 Å². The van der Waals surface area contributed by atoms with Gasteiger partial charge < -0.3 is 9.47 Å². The molecule has 2 aromatic rings. The van der Waals surface area contributed by atoms with E-state index in [1.807, 2.05) is 6.07 Å². The Morgan fingerprint density at radius 1 is 1.27 bits per heavy atom. The summed E-state index contributed by atoms with van der Waals surface area (Å²) in [6, 6.07) is 5.35. The van der Waals surface area contributed by atoms with Gasteiger partial charge in [-0.1, -0.05) is 6.07 Å². The summed E-state index contributed by atoms with van der Waals surface area (Å²) in [7, 11) is -0.199. The molecule has 162 valence electrons. The number of nitrogens with one attached hydrogen (secondary N) is 1. The molecular formula is C20H25N3O5S2. The van der Waals surface area contributed by atoms with Crippen LogP contribution in [-0.2, 0) is 27.8 Å². The molecular weight excluding hydrogens is 426 g/mol. The van der Waals surface area contributed by atoms with Crippen LogP contribution in [0.15, 0.2) is 24.3 Å². The number of carbonyl (C=O) groups excluding carboxylic acids is 1. The van der Waals surface area contributed by atoms with Gasteiger partial charge in [-0.05, 0) is 37.6 Å². The predicted molar refractivity (Wildman–Crippen MR) is 117 cm³/mol. The lowest BCUT2D eigenvalue weighted by Gasteiger charge is -2.26. The molecule has 0 fully saturated rings. The summed E-state index contributed by atoms with van der Waals surface area (Å²) in [4.78, 5) is 17.6. The number of aromatic nitrogens is 1. The second-order valence-electron chi connectivity index (χ2n) is 7.00. The number of carbonyl (C=O) groups is 1. The third kappa shape index (κ3) is 4.82. The van der Waals surface area contributed by atoms with Gasteiger partial charge >= 0.3 is 0 Å². The van der Waals surface area contributed by atoms with Crippen molar-refractivity contribution >= 4 is 38.5 Å². The molecule has 0 aliphatic carbocycles. The van der Waals surface area contributed by atoms with Crippen LogP contribution in [0.3, 0.4) is 0 Å². The number of anilines is 1. The van der Waals surface area contributed by atoms with E-state index in [4.69, 9.17) is 9.47 Å². The summed E-state index contributed by atoms with van der Waals surface area (Å²) >= 11 is 1.31. The molecule has 0 saturated heterocycles. The summed E-state index contributed by atoms with van der Waals surface area (Å²) in [6.07, 6.45) is 3.62. The van der Waals surface area contributed by atoms with Crippen LogP contribution in [0, 0.1) is 0 Å². The Balaban J connectivity index is 1.66. The van der Waals surface area contributed by atoms with Crippen molar-refractivity contribution in [2.75, 3.05) is 26.1 Å². The SMILES string of the molecule is COc1ccc(/C=C/C(=O)Nc2nc3c(s2)CN(S(=O)(=O)C(C)C)CC3)cc1OC. The molecule has 8 nitrogen and oxygen atoms in total. The Morgan fingerprint density at radius 3 is 2.67 bits per heavy atom. The monoisotopic (exact) mass is 451 g/mol. The highest BCUT2D eigenvalue weighted by Gasteiger charge is 2.31. The number of methoxy groups -OCH3 is 2. The molecule has 0 bridgehead atoms. The van der Waals surface area contributed by atoms with Crippen LogP contribution >= 0.6 is 11.3 Å². The average Bonchev–Trinajstić information content (AvgIpc) is 3.13. The number of benzene rings is 1. The van der Waals surface area contributed by atoms with Crippen molar-refractivity contribution in [2.24, 2.45) is 0 Å². The maximum absolute atomic E-state index is 12.4. The first-order valence-corrected chi connectivity index (χ1v) is 11.7. The zero-order chi connectivity index (χ0) is 21.9. The van der Waals surface area contributed by atoms with E-state index in [1.165, 1.54) is 21.7 Å². The van der Waals surface area contributed by atoms with Crippen molar-refractivity contribution in [3.05, 3.63) is 40.4 Å². The third-order valence-corrected chi connectivity index (χ3v) is 7.94. The smallest absolute Gasteiger partial charge is 0.250 e. The molecule has 3 rings (SSSR count). The van der Waals surface area contributed by atoms with Crippen LogP contribution in [0.2, 0.25) is 0 Å². The van der Waals surface area contributed by atoms with Crippen molar-refractivity contribution in [2.45, 2.75) is 32.1 Å². The number of rotatable bonds is 7. The fraction of sp³-hybridized carbons (Fsp3) is 0.400. The van der Waals surface area contributed by atoms with Crippen molar-refractivity contribution in [3.63, 3.8) is 0 Å². The lowest BCUT2D eigenvalue weighted by Crippen LogP contribution is -2.39. The van der Waals surface area contributed by atoms with Crippen molar-refractivity contribution in [1.82, 2.24) is 9.29 Å². The van der Waals surface area contributed by atoms with E-state index < -0.39 is 15.3 Å². The van der Waals surface area contributed by atoms with Crippen molar-refractivity contribution in [3.8, 4) is 11.5 Å². The fourth-order valence-electron chi connectivity index (χ4n) is 3.02. The zero-order valence-corrected chi connectivity index (χ0v) is 19.0. The van der Waals surface area contributed by atoms with Crippen LogP contribution in [0.1, 0.15) is 30.0 Å². The molecule has 0 atom stereocenters. The molecule has 0 spiro atoms. The first-order valence-electron chi connectivity index (χ1n) is 9.43. The highest BCUT2D eigenvalue weighted by molar-refractivity contribution is 7.89. The molecule has 2 heterocycles. The van der Waals surface area contributed by atoms with Gasteiger partial charge in [0.15, 0.2) is 16.6 Å². The Morgan fingerprint density at radius 2 is 2.00 bits per heavy atom. The van der Waals surface area contributed by atoms with Crippen LogP contribution in [-0.4, -0.2) is 49.6 Å². The molecule has 1 aromatic carbocycles. The number of thiazole rings is 1. The van der Waals surface area contributed by atoms with Crippen molar-refractivity contribution in [1.29, 1.82) is 0 Å². The lowest BCUT2D eigenvalue weighted by atomic mass is 10.2. The van der Waals surface area contributed by atoms with Crippen LogP contribution < -0.4 is 14.8 Å². The first kappa shape index (κ1) is 22.3. The van der Waals surface area contributed by atoms with Crippen molar-refractivity contribution < 1.29 is 22.7 Å². The minimum atomic E-state index is -3.31. The number of sulfonamides is 1. The van der Waals surface area contributed by atoms with Gasteiger partial charge in [0, 0.05) is 30.5 Å². The minimum absolute atomic E-state index is 0.296. The van der Waals surface area contributed by atoms with Crippen LogP contribution in [0.25, 0.3) is 6.08 Å². The molecule has 1 N–H and O–H groups in total. The Kier molecular flexibility index (Phi) is 6.79. The predicted octanol–water partition coefficient (Wildman–Crippen LogP) is 2.91. The van der Waals surface area contributed by atoms with E-state index in [-0.39, 0.29) is 5.91 Å². The summed E-state index contributed by atoms with van der Waals surface area (Å²) in [6.45, 7) is 4.05. The number of fused-ring (bicyclic) bond motifs is 1. The fourth-order valence-corrected chi connectivity index (χ4v) is 5.38. The van der Waals surface area contributed by atoms with Gasteiger partial charge in [-0.15, -0.1) is 11.3 Å². The highest BCUT2D eigenvalue weighted by Crippen LogP contribution is 2.30. The number of hydrogen-bond acceptors (Lipinski definition) is 7. The molecule has 30 heavy (non-hydrogen) atoms. The van der Waals surface area contributed by atoms with Crippen LogP contribution in [0.4, 0.5) is 5.13 Å². The summed E-state index contributed by atoms with van der Waals surface area (Å²) in [5.74, 6) is 0.872. The Labute approximate surface area is 180 Å². The molecule has 1 aliphatic rings. The van der Waals surface area contributed by atoms with Gasteiger partial charge in [0.2, 0.25) is 15.9 Å². The third-order valence-electron chi connectivity index (χ3n) is 4.72. The molecule has 1 aromatic heterocycles. The second-order valence-corrected chi connectivity index (χ2v) is 10.6. The van der Waals surface area contributed by atoms with E-state index in [0.29, 0.717) is 36.1 Å². The van der Waals surface area contributed by atoms with Gasteiger partial charge in [0.1, 0.15) is 0 Å². The van der Waals surface area contributed by atoms with Gasteiger partial charge in [0.25, 0.3) is 0 Å². The molecule has 1 amide bonds. The highest BCUT2D eigenvalue weighted by atomic mass is 32.2. The topological polar surface area (TPSA) is 97.8 Å². The van der Waals surface area contributed by atoms with Crippen LogP contribution in [0.5, 0.6) is 11.5 Å². The molecule has 0 radical (unpaired) electrons. The summed E-state index contributed by atoms with van der Waals surface area (Å²) < 4.78 is 36.7. The molecule has 1 aliphatic heterocycles. The molecule has 0 saturated carbocycles. The second kappa shape index (κ2) is 9.15. The quantitative estimate of drug-likeness (QED) is 0.650. The normalized spacial score (nSPS) is 14.7. The Hall–Kier alpha value is -2.43. The maximum atomic E-state index is 12.4. The van der Waals surface area contributed by atoms with Gasteiger partial charge in [-0.3, -0.25) is 10.1 Å². The largest absolute Gasteiger partial charge is 0.493 e. The summed E-state index contributed by atoms with van der Waals surface area (Å²) in [5, 5.41) is 2.75. The van der Waals surface area contributed by atoms with E-state index in [1.54, 1.807) is 46.3 Å². The van der Waals surface area contributed by atoms with E-state index in [0.717, 1.165) is 16.1 Å². The maximum Gasteiger partial charge on any atom is 0.250 e. The van der Waals surface area contributed by atoms with E-state index in [9.17, 15) is 13.2 Å². The Bertz CT molecular complexity index is 1060. The lowest BCUT2D eigenvalue weighted by molar-refractivity contribution is -0.111.